The number of allylic oxidation sites excluding steroid dienone is 4. The molecule has 0 N–H and O–H groups in total. The first-order valence-electron chi connectivity index (χ1n) is 12.7. The van der Waals surface area contributed by atoms with E-state index in [4.69, 9.17) is 0 Å². The van der Waals surface area contributed by atoms with Crippen molar-refractivity contribution in [2.75, 3.05) is 0 Å². The number of ketones is 2. The molecule has 3 aliphatic carbocycles. The Labute approximate surface area is 252 Å². The highest BCUT2D eigenvalue weighted by molar-refractivity contribution is 9.14. The molecular formula is C34H21Br3O2. The zero-order chi connectivity index (χ0) is 27.0. The van der Waals surface area contributed by atoms with Crippen LogP contribution in [0.4, 0.5) is 0 Å². The van der Waals surface area contributed by atoms with Crippen LogP contribution in [-0.4, -0.2) is 24.5 Å². The van der Waals surface area contributed by atoms with Gasteiger partial charge in [-0.25, -0.2) is 0 Å². The van der Waals surface area contributed by atoms with Crippen molar-refractivity contribution in [1.29, 1.82) is 0 Å². The number of fused-ring (bicyclic) bond motifs is 5. The summed E-state index contributed by atoms with van der Waals surface area (Å²) in [4.78, 5) is 29.7. The molecular weight excluding hydrogens is 680 g/mol. The number of carbonyl (C=O) groups excluding carboxylic acids is 2. The van der Waals surface area contributed by atoms with Crippen molar-refractivity contribution in [3.63, 3.8) is 0 Å². The maximum Gasteiger partial charge on any atom is 0.183 e. The Hall–Kier alpha value is -2.86. The molecule has 0 spiro atoms. The van der Waals surface area contributed by atoms with Gasteiger partial charge in [-0.05, 0) is 39.0 Å². The molecule has 0 radical (unpaired) electrons. The third kappa shape index (κ3) is 3.07. The second-order valence-electron chi connectivity index (χ2n) is 10.2. The fraction of sp³-hybridized carbons (Fsp3) is 0.118. The fourth-order valence-electron chi connectivity index (χ4n) is 6.79. The molecule has 3 aliphatic rings. The van der Waals surface area contributed by atoms with E-state index in [0.717, 1.165) is 39.0 Å². The zero-order valence-electron chi connectivity index (χ0n) is 20.6. The zero-order valence-corrected chi connectivity index (χ0v) is 25.3. The molecule has 1 fully saturated rings. The van der Waals surface area contributed by atoms with Crippen LogP contribution in [0, 0.1) is 5.92 Å². The van der Waals surface area contributed by atoms with Crippen LogP contribution in [-0.2, 0) is 9.59 Å². The summed E-state index contributed by atoms with van der Waals surface area (Å²) in [5, 5.41) is 0. The maximum absolute atomic E-state index is 14.9. The number of halogens is 3. The van der Waals surface area contributed by atoms with Gasteiger partial charge >= 0.3 is 0 Å². The van der Waals surface area contributed by atoms with Gasteiger partial charge in [0.25, 0.3) is 0 Å². The van der Waals surface area contributed by atoms with Gasteiger partial charge in [0.15, 0.2) is 11.6 Å². The van der Waals surface area contributed by atoms with Gasteiger partial charge in [-0.15, -0.1) is 0 Å². The van der Waals surface area contributed by atoms with Gasteiger partial charge in [-0.1, -0.05) is 169 Å². The smallest absolute Gasteiger partial charge is 0.183 e. The highest BCUT2D eigenvalue weighted by Gasteiger charge is 2.85. The lowest BCUT2D eigenvalue weighted by Gasteiger charge is -2.42. The Bertz CT molecular complexity index is 1710. The monoisotopic (exact) mass is 698 g/mol. The molecule has 39 heavy (non-hydrogen) atoms. The van der Waals surface area contributed by atoms with Crippen LogP contribution in [0.25, 0.3) is 22.3 Å². The predicted molar refractivity (Wildman–Crippen MR) is 168 cm³/mol. The van der Waals surface area contributed by atoms with Crippen LogP contribution in [0.5, 0.6) is 0 Å². The lowest BCUT2D eigenvalue weighted by molar-refractivity contribution is -0.120. The first-order valence-corrected chi connectivity index (χ1v) is 15.1. The van der Waals surface area contributed by atoms with Gasteiger partial charge in [0.05, 0.1) is 0 Å². The molecule has 0 aromatic heterocycles. The summed E-state index contributed by atoms with van der Waals surface area (Å²) >= 11 is 12.1. The summed E-state index contributed by atoms with van der Waals surface area (Å²) in [6.07, 6.45) is 0. The van der Waals surface area contributed by atoms with E-state index in [1.165, 1.54) is 0 Å². The molecule has 7 rings (SSSR count). The Morgan fingerprint density at radius 1 is 0.513 bits per heavy atom. The first kappa shape index (κ1) is 25.1. The molecule has 4 unspecified atom stereocenters. The Balaban J connectivity index is 1.62. The molecule has 4 aromatic carbocycles. The summed E-state index contributed by atoms with van der Waals surface area (Å²) in [5.74, 6) is -0.669. The second-order valence-corrected chi connectivity index (χ2v) is 13.9. The Kier molecular flexibility index (Phi) is 5.68. The number of hydrogen-bond acceptors (Lipinski definition) is 2. The number of Topliss-reactive ketones (excluding diaryl/α,β-unsaturated/α-hetero) is 2. The first-order chi connectivity index (χ1) is 18.9. The SMILES string of the molecule is O=C1C2(Br)C(c3ccccc3)=C(c3ccccc3)C1(Br)C1(Br)C(=O)C(c3ccccc3)=C(c3ccccc3)C21. The van der Waals surface area contributed by atoms with Gasteiger partial charge in [-0.3, -0.25) is 9.59 Å². The van der Waals surface area contributed by atoms with Crippen molar-refractivity contribution in [1.82, 2.24) is 0 Å². The minimum atomic E-state index is -1.31. The average molecular weight is 701 g/mol. The van der Waals surface area contributed by atoms with Gasteiger partial charge < -0.3 is 0 Å². The summed E-state index contributed by atoms with van der Waals surface area (Å²) in [6, 6.07) is 39.7. The molecule has 0 aliphatic heterocycles. The van der Waals surface area contributed by atoms with Gasteiger partial charge in [0, 0.05) is 11.5 Å². The van der Waals surface area contributed by atoms with E-state index >= 15 is 0 Å². The number of rotatable bonds is 4. The van der Waals surface area contributed by atoms with Crippen molar-refractivity contribution < 1.29 is 9.59 Å². The second kappa shape index (κ2) is 8.82. The van der Waals surface area contributed by atoms with Crippen LogP contribution in [0.1, 0.15) is 22.3 Å². The number of hydrogen-bond donors (Lipinski definition) is 0. The lowest BCUT2D eigenvalue weighted by Crippen LogP contribution is -2.52. The van der Waals surface area contributed by atoms with E-state index in [-0.39, 0.29) is 11.6 Å². The molecule has 5 heteroatoms. The third-order valence-corrected chi connectivity index (χ3v) is 12.8. The van der Waals surface area contributed by atoms with Gasteiger partial charge in [-0.2, -0.15) is 0 Å². The molecule has 2 bridgehead atoms. The van der Waals surface area contributed by atoms with Gasteiger partial charge in [0.2, 0.25) is 0 Å². The molecule has 190 valence electrons. The summed E-state index contributed by atoms with van der Waals surface area (Å²) < 4.78 is -3.72. The number of benzene rings is 4. The normalized spacial score (nSPS) is 29.4. The van der Waals surface area contributed by atoms with E-state index in [1.54, 1.807) is 0 Å². The van der Waals surface area contributed by atoms with Gasteiger partial charge in [0.1, 0.15) is 13.0 Å². The summed E-state index contributed by atoms with van der Waals surface area (Å²) in [6.45, 7) is 0. The highest BCUT2D eigenvalue weighted by Crippen LogP contribution is 2.78. The Morgan fingerprint density at radius 2 is 0.923 bits per heavy atom. The number of alkyl halides is 3. The summed E-state index contributed by atoms with van der Waals surface area (Å²) in [7, 11) is 0. The maximum atomic E-state index is 14.9. The van der Waals surface area contributed by atoms with E-state index < -0.39 is 18.9 Å². The minimum absolute atomic E-state index is 0.0662. The number of carbonyl (C=O) groups is 2. The topological polar surface area (TPSA) is 34.1 Å². The van der Waals surface area contributed by atoms with Crippen LogP contribution in [0.15, 0.2) is 121 Å². The van der Waals surface area contributed by atoms with E-state index in [2.05, 4.69) is 47.8 Å². The lowest BCUT2D eigenvalue weighted by atomic mass is 9.70. The fourth-order valence-corrected chi connectivity index (χ4v) is 11.0. The van der Waals surface area contributed by atoms with Crippen LogP contribution >= 0.6 is 47.8 Å². The summed E-state index contributed by atoms with van der Waals surface area (Å²) in [5.41, 5.74) is 6.86. The molecule has 2 nitrogen and oxygen atoms in total. The molecule has 1 saturated carbocycles. The van der Waals surface area contributed by atoms with Crippen molar-refractivity contribution in [3.8, 4) is 0 Å². The Morgan fingerprint density at radius 3 is 1.41 bits per heavy atom. The average Bonchev–Trinajstić information content (AvgIpc) is 3.40. The minimum Gasteiger partial charge on any atom is -0.296 e. The van der Waals surface area contributed by atoms with Crippen LogP contribution in [0.2, 0.25) is 0 Å². The highest BCUT2D eigenvalue weighted by atomic mass is 79.9. The van der Waals surface area contributed by atoms with Crippen molar-refractivity contribution in [2.45, 2.75) is 13.0 Å². The van der Waals surface area contributed by atoms with Crippen molar-refractivity contribution in [2.24, 2.45) is 5.92 Å². The third-order valence-electron chi connectivity index (χ3n) is 8.29. The van der Waals surface area contributed by atoms with E-state index in [0.29, 0.717) is 5.57 Å². The van der Waals surface area contributed by atoms with Crippen LogP contribution < -0.4 is 0 Å². The van der Waals surface area contributed by atoms with Crippen molar-refractivity contribution in [3.05, 3.63) is 144 Å². The standard InChI is InChI=1S/C34H21Br3O2/c35-32-27(23-17-9-3-10-18-23)28(24-19-11-4-12-20-24)33(36,31(32)39)34(37)29(32)25(21-13-5-1-6-14-21)26(30(34)38)22-15-7-2-8-16-22/h1-20,29H. The van der Waals surface area contributed by atoms with Crippen LogP contribution in [0.3, 0.4) is 0 Å². The van der Waals surface area contributed by atoms with E-state index in [9.17, 15) is 9.59 Å². The largest absolute Gasteiger partial charge is 0.296 e. The predicted octanol–water partition coefficient (Wildman–Crippen LogP) is 8.40. The molecule has 0 amide bonds. The molecule has 0 saturated heterocycles. The molecule has 4 aromatic rings. The van der Waals surface area contributed by atoms with E-state index in [1.807, 2.05) is 121 Å². The molecule has 4 atom stereocenters. The quantitative estimate of drug-likeness (QED) is 0.201. The van der Waals surface area contributed by atoms with Crippen molar-refractivity contribution >= 4 is 81.6 Å². The molecule has 0 heterocycles.